The van der Waals surface area contributed by atoms with Crippen LogP contribution in [0.3, 0.4) is 0 Å². The summed E-state index contributed by atoms with van der Waals surface area (Å²) >= 11 is 3.43. The number of rotatable bonds is 4. The third kappa shape index (κ3) is 2.87. The number of ether oxygens (including phenoxy) is 2. The molecule has 0 unspecified atom stereocenters. The minimum Gasteiger partial charge on any atom is -0.497 e. The van der Waals surface area contributed by atoms with Crippen molar-refractivity contribution in [1.29, 1.82) is 0 Å². The van der Waals surface area contributed by atoms with Crippen molar-refractivity contribution < 1.29 is 9.47 Å². The van der Waals surface area contributed by atoms with Crippen LogP contribution in [0.5, 0.6) is 17.5 Å². The van der Waals surface area contributed by atoms with E-state index in [0.717, 1.165) is 15.9 Å². The molecule has 3 rings (SSSR count). The van der Waals surface area contributed by atoms with Crippen molar-refractivity contribution in [3.8, 4) is 23.2 Å². The summed E-state index contributed by atoms with van der Waals surface area (Å²) in [6.07, 6.45) is 0. The molecule has 2 aromatic carbocycles. The molecule has 106 valence electrons. The molecule has 0 fully saturated rings. The van der Waals surface area contributed by atoms with Gasteiger partial charge in [-0.15, -0.1) is 0 Å². The van der Waals surface area contributed by atoms with Crippen molar-refractivity contribution in [2.75, 3.05) is 7.11 Å². The van der Waals surface area contributed by atoms with Crippen LogP contribution in [-0.4, -0.2) is 27.3 Å². The molecule has 0 radical (unpaired) electrons. The Balaban J connectivity index is 1.92. The van der Waals surface area contributed by atoms with Crippen LogP contribution < -0.4 is 9.47 Å². The number of hydrogen-bond donors (Lipinski definition) is 0. The van der Waals surface area contributed by atoms with Gasteiger partial charge in [0, 0.05) is 0 Å². The molecule has 21 heavy (non-hydrogen) atoms. The first kappa shape index (κ1) is 13.6. The normalized spacial score (nSPS) is 10.4. The fourth-order valence-corrected chi connectivity index (χ4v) is 2.20. The monoisotopic (exact) mass is 346 g/mol. The summed E-state index contributed by atoms with van der Waals surface area (Å²) < 4.78 is 13.2. The van der Waals surface area contributed by atoms with Crippen LogP contribution in [0.25, 0.3) is 5.69 Å². The molecule has 0 saturated heterocycles. The molecule has 0 N–H and O–H groups in total. The van der Waals surface area contributed by atoms with Gasteiger partial charge in [-0.1, -0.05) is 23.3 Å². The van der Waals surface area contributed by atoms with E-state index < -0.39 is 0 Å². The molecule has 6 nitrogen and oxygen atoms in total. The van der Waals surface area contributed by atoms with Crippen molar-refractivity contribution in [1.82, 2.24) is 20.2 Å². The molecule has 0 aliphatic heterocycles. The number of benzene rings is 2. The maximum atomic E-state index is 5.76. The van der Waals surface area contributed by atoms with Gasteiger partial charge in [-0.2, -0.15) is 4.68 Å². The summed E-state index contributed by atoms with van der Waals surface area (Å²) in [5.74, 6) is 1.33. The van der Waals surface area contributed by atoms with E-state index in [0.29, 0.717) is 5.75 Å². The number of hydrogen-bond acceptors (Lipinski definition) is 5. The Hall–Kier alpha value is -2.41. The Bertz CT molecular complexity index is 746. The van der Waals surface area contributed by atoms with Crippen molar-refractivity contribution in [3.05, 3.63) is 53.0 Å². The van der Waals surface area contributed by atoms with E-state index in [2.05, 4.69) is 31.5 Å². The quantitative estimate of drug-likeness (QED) is 0.725. The van der Waals surface area contributed by atoms with Gasteiger partial charge < -0.3 is 9.47 Å². The van der Waals surface area contributed by atoms with E-state index in [1.807, 2.05) is 36.4 Å². The highest BCUT2D eigenvalue weighted by Crippen LogP contribution is 2.32. The van der Waals surface area contributed by atoms with Gasteiger partial charge in [0.25, 0.3) is 0 Å². The molecule has 1 heterocycles. The lowest BCUT2D eigenvalue weighted by Gasteiger charge is -2.08. The number of methoxy groups -OCH3 is 1. The molecular weight excluding hydrogens is 336 g/mol. The van der Waals surface area contributed by atoms with Gasteiger partial charge >= 0.3 is 6.01 Å². The molecule has 0 saturated carbocycles. The van der Waals surface area contributed by atoms with Gasteiger partial charge in [0.1, 0.15) is 11.5 Å². The zero-order valence-corrected chi connectivity index (χ0v) is 12.7. The lowest BCUT2D eigenvalue weighted by atomic mass is 10.3. The van der Waals surface area contributed by atoms with Crippen LogP contribution in [0, 0.1) is 0 Å². The molecule has 0 bridgehead atoms. The molecular formula is C14H11BrN4O2. The number of nitrogens with zero attached hydrogens (tertiary/aromatic N) is 4. The van der Waals surface area contributed by atoms with Crippen LogP contribution in [0.4, 0.5) is 0 Å². The molecule has 0 amide bonds. The van der Waals surface area contributed by atoms with Gasteiger partial charge in [-0.3, -0.25) is 0 Å². The first-order valence-corrected chi connectivity index (χ1v) is 6.92. The van der Waals surface area contributed by atoms with Crippen molar-refractivity contribution in [3.63, 3.8) is 0 Å². The van der Waals surface area contributed by atoms with Crippen LogP contribution in [-0.2, 0) is 0 Å². The van der Waals surface area contributed by atoms with Crippen LogP contribution in [0.15, 0.2) is 53.0 Å². The predicted molar refractivity (Wildman–Crippen MR) is 79.9 cm³/mol. The Kier molecular flexibility index (Phi) is 3.83. The van der Waals surface area contributed by atoms with E-state index in [1.54, 1.807) is 19.2 Å². The largest absolute Gasteiger partial charge is 0.497 e. The minimum atomic E-state index is 0.284. The lowest BCUT2D eigenvalue weighted by Crippen LogP contribution is -2.00. The fourth-order valence-electron chi connectivity index (χ4n) is 1.76. The van der Waals surface area contributed by atoms with E-state index in [-0.39, 0.29) is 6.01 Å². The van der Waals surface area contributed by atoms with E-state index in [4.69, 9.17) is 9.47 Å². The second-order valence-corrected chi connectivity index (χ2v) is 4.96. The zero-order chi connectivity index (χ0) is 14.7. The summed E-state index contributed by atoms with van der Waals surface area (Å²) in [4.78, 5) is 0. The standard InChI is InChI=1S/C14H11BrN4O2/c1-20-11-7-8-13(12(15)9-11)21-14-16-17-18-19(14)10-5-3-2-4-6-10/h2-9H,1H3. The Morgan fingerprint density at radius 2 is 1.90 bits per heavy atom. The summed E-state index contributed by atoms with van der Waals surface area (Å²) in [5.41, 5.74) is 0.821. The number of aromatic nitrogens is 4. The molecule has 3 aromatic rings. The number of tetrazole rings is 1. The van der Waals surface area contributed by atoms with Crippen molar-refractivity contribution in [2.45, 2.75) is 0 Å². The zero-order valence-electron chi connectivity index (χ0n) is 11.1. The maximum Gasteiger partial charge on any atom is 0.345 e. The van der Waals surface area contributed by atoms with Crippen LogP contribution in [0.1, 0.15) is 0 Å². The van der Waals surface area contributed by atoms with Crippen molar-refractivity contribution in [2.24, 2.45) is 0 Å². The summed E-state index contributed by atoms with van der Waals surface area (Å²) in [5, 5.41) is 11.5. The summed E-state index contributed by atoms with van der Waals surface area (Å²) in [7, 11) is 1.61. The minimum absolute atomic E-state index is 0.284. The first-order valence-electron chi connectivity index (χ1n) is 6.13. The summed E-state index contributed by atoms with van der Waals surface area (Å²) in [6, 6.07) is 15.2. The van der Waals surface area contributed by atoms with Crippen LogP contribution in [0.2, 0.25) is 0 Å². The smallest absolute Gasteiger partial charge is 0.345 e. The maximum absolute atomic E-state index is 5.76. The van der Waals surface area contributed by atoms with Gasteiger partial charge in [0.2, 0.25) is 0 Å². The Morgan fingerprint density at radius 3 is 2.62 bits per heavy atom. The first-order chi connectivity index (χ1) is 10.3. The highest BCUT2D eigenvalue weighted by Gasteiger charge is 2.12. The summed E-state index contributed by atoms with van der Waals surface area (Å²) in [6.45, 7) is 0. The highest BCUT2D eigenvalue weighted by molar-refractivity contribution is 9.10. The Labute approximate surface area is 129 Å². The SMILES string of the molecule is COc1ccc(Oc2nnnn2-c2ccccc2)c(Br)c1. The molecule has 0 spiro atoms. The number of para-hydroxylation sites is 1. The van der Waals surface area contributed by atoms with Gasteiger partial charge in [-0.05, 0) is 56.7 Å². The second kappa shape index (κ2) is 5.92. The average Bonchev–Trinajstić information content (AvgIpc) is 2.98. The number of halogens is 1. The third-order valence-corrected chi connectivity index (χ3v) is 3.40. The predicted octanol–water partition coefficient (Wildman–Crippen LogP) is 3.23. The molecule has 0 atom stereocenters. The van der Waals surface area contributed by atoms with E-state index in [1.165, 1.54) is 4.68 Å². The topological polar surface area (TPSA) is 62.1 Å². The Morgan fingerprint density at radius 1 is 1.10 bits per heavy atom. The molecule has 0 aliphatic carbocycles. The van der Waals surface area contributed by atoms with Gasteiger partial charge in [0.05, 0.1) is 17.3 Å². The lowest BCUT2D eigenvalue weighted by molar-refractivity contribution is 0.406. The molecule has 1 aromatic heterocycles. The second-order valence-electron chi connectivity index (χ2n) is 4.11. The average molecular weight is 347 g/mol. The van der Waals surface area contributed by atoms with E-state index >= 15 is 0 Å². The fraction of sp³-hybridized carbons (Fsp3) is 0.0714. The third-order valence-electron chi connectivity index (χ3n) is 2.78. The van der Waals surface area contributed by atoms with E-state index in [9.17, 15) is 0 Å². The van der Waals surface area contributed by atoms with Crippen LogP contribution >= 0.6 is 15.9 Å². The van der Waals surface area contributed by atoms with Gasteiger partial charge in [-0.25, -0.2) is 0 Å². The van der Waals surface area contributed by atoms with Gasteiger partial charge in [0.15, 0.2) is 0 Å². The van der Waals surface area contributed by atoms with Crippen molar-refractivity contribution >= 4 is 15.9 Å². The highest BCUT2D eigenvalue weighted by atomic mass is 79.9. The molecule has 7 heteroatoms. The molecule has 0 aliphatic rings.